The fraction of sp³-hybridized carbons (Fsp3) is 0.250. The molecule has 3 rings (SSSR count). The summed E-state index contributed by atoms with van der Waals surface area (Å²) in [5.74, 6) is -0.814. The summed E-state index contributed by atoms with van der Waals surface area (Å²) in [6.07, 6.45) is -4.78. The van der Waals surface area contributed by atoms with Crippen LogP contribution in [-0.2, 0) is 12.7 Å². The maximum atomic E-state index is 13.3. The number of hydrogen-bond donors (Lipinski definition) is 1. The van der Waals surface area contributed by atoms with Crippen molar-refractivity contribution in [2.75, 3.05) is 11.9 Å². The second kappa shape index (κ2) is 5.26. The summed E-state index contributed by atoms with van der Waals surface area (Å²) < 4.78 is 41.1. The van der Waals surface area contributed by atoms with Crippen LogP contribution in [0, 0.1) is 6.92 Å². The number of pyridine rings is 1. The van der Waals surface area contributed by atoms with Crippen LogP contribution in [0.4, 0.5) is 19.0 Å². The highest BCUT2D eigenvalue weighted by atomic mass is 19.4. The second-order valence-corrected chi connectivity index (χ2v) is 5.39. The van der Waals surface area contributed by atoms with Crippen molar-refractivity contribution in [2.24, 2.45) is 0 Å². The topological polar surface area (TPSA) is 51.1 Å². The molecule has 2 aromatic rings. The van der Waals surface area contributed by atoms with Crippen molar-refractivity contribution in [3.05, 3.63) is 62.9 Å². The molecule has 120 valence electrons. The molecule has 0 atom stereocenters. The summed E-state index contributed by atoms with van der Waals surface area (Å²) in [5.41, 5.74) is -1.42. The first kappa shape index (κ1) is 15.3. The number of nitrogens with one attached hydrogen (secondary N) is 1. The van der Waals surface area contributed by atoms with Gasteiger partial charge in [0.25, 0.3) is 5.56 Å². The Morgan fingerprint density at radius 1 is 1.22 bits per heavy atom. The maximum Gasteiger partial charge on any atom is 0.417 e. The van der Waals surface area contributed by atoms with Gasteiger partial charge in [0.05, 0.1) is 11.1 Å². The molecule has 1 aliphatic rings. The Hall–Kier alpha value is -2.57. The lowest BCUT2D eigenvalue weighted by molar-refractivity contribution is -0.138. The van der Waals surface area contributed by atoms with Gasteiger partial charge in [-0.15, -0.1) is 0 Å². The third-order valence-electron chi connectivity index (χ3n) is 3.78. The molecule has 0 saturated carbocycles. The number of ketones is 1. The molecule has 0 amide bonds. The van der Waals surface area contributed by atoms with Crippen molar-refractivity contribution in [2.45, 2.75) is 19.6 Å². The lowest BCUT2D eigenvalue weighted by atomic mass is 9.98. The molecule has 0 bridgehead atoms. The zero-order valence-electron chi connectivity index (χ0n) is 12.2. The Morgan fingerprint density at radius 3 is 2.48 bits per heavy atom. The van der Waals surface area contributed by atoms with E-state index in [1.54, 1.807) is 12.1 Å². The molecule has 2 heterocycles. The van der Waals surface area contributed by atoms with Crippen LogP contribution in [-0.4, -0.2) is 16.9 Å². The first-order chi connectivity index (χ1) is 10.8. The Labute approximate surface area is 129 Å². The Morgan fingerprint density at radius 2 is 1.87 bits per heavy atom. The predicted octanol–water partition coefficient (Wildman–Crippen LogP) is 2.83. The standard InChI is InChI=1S/C16H13F3N2O2/c1-9-2-4-10(5-3-9)14(23)13-11(16(17,18)19)8-12(22)21-7-6-20-15(13)21/h2-5,8,20H,6-7H2,1H3. The number of rotatable bonds is 2. The van der Waals surface area contributed by atoms with Crippen molar-refractivity contribution in [1.29, 1.82) is 0 Å². The maximum absolute atomic E-state index is 13.3. The van der Waals surface area contributed by atoms with Gasteiger partial charge in [-0.3, -0.25) is 14.2 Å². The van der Waals surface area contributed by atoms with Gasteiger partial charge in [0.2, 0.25) is 0 Å². The average molecular weight is 322 g/mol. The van der Waals surface area contributed by atoms with E-state index in [4.69, 9.17) is 0 Å². The number of anilines is 1. The Bertz CT molecular complexity index is 836. The Kier molecular flexibility index (Phi) is 3.50. The van der Waals surface area contributed by atoms with Crippen LogP contribution in [0.5, 0.6) is 0 Å². The van der Waals surface area contributed by atoms with Crippen LogP contribution in [0.1, 0.15) is 27.0 Å². The summed E-state index contributed by atoms with van der Waals surface area (Å²) >= 11 is 0. The molecule has 0 fully saturated rings. The molecule has 0 spiro atoms. The van der Waals surface area contributed by atoms with Gasteiger partial charge < -0.3 is 5.32 Å². The second-order valence-electron chi connectivity index (χ2n) is 5.39. The van der Waals surface area contributed by atoms with Crippen molar-refractivity contribution < 1.29 is 18.0 Å². The molecular formula is C16H13F3N2O2. The van der Waals surface area contributed by atoms with Crippen LogP contribution >= 0.6 is 0 Å². The van der Waals surface area contributed by atoms with Gasteiger partial charge in [-0.2, -0.15) is 13.2 Å². The predicted molar refractivity (Wildman–Crippen MR) is 78.8 cm³/mol. The highest BCUT2D eigenvalue weighted by Gasteiger charge is 2.39. The molecule has 1 aromatic heterocycles. The van der Waals surface area contributed by atoms with Gasteiger partial charge in [-0.05, 0) is 6.92 Å². The van der Waals surface area contributed by atoms with E-state index in [-0.39, 0.29) is 17.9 Å². The van der Waals surface area contributed by atoms with Crippen molar-refractivity contribution in [1.82, 2.24) is 4.57 Å². The highest BCUT2D eigenvalue weighted by molar-refractivity contribution is 6.13. The van der Waals surface area contributed by atoms with E-state index in [1.165, 1.54) is 12.1 Å². The van der Waals surface area contributed by atoms with E-state index >= 15 is 0 Å². The summed E-state index contributed by atoms with van der Waals surface area (Å²) in [7, 11) is 0. The number of carbonyl (C=O) groups excluding carboxylic acids is 1. The normalized spacial score (nSPS) is 13.6. The lowest BCUT2D eigenvalue weighted by Gasteiger charge is -2.16. The summed E-state index contributed by atoms with van der Waals surface area (Å²) in [4.78, 5) is 24.5. The molecule has 0 radical (unpaired) electrons. The quantitative estimate of drug-likeness (QED) is 0.865. The third-order valence-corrected chi connectivity index (χ3v) is 3.78. The number of nitrogens with zero attached hydrogens (tertiary/aromatic N) is 1. The number of aromatic nitrogens is 1. The van der Waals surface area contributed by atoms with Crippen molar-refractivity contribution in [3.8, 4) is 0 Å². The van der Waals surface area contributed by atoms with Gasteiger partial charge in [0, 0.05) is 24.7 Å². The summed E-state index contributed by atoms with van der Waals surface area (Å²) in [6, 6.07) is 6.77. The number of aryl methyl sites for hydroxylation is 1. The zero-order chi connectivity index (χ0) is 16.8. The monoisotopic (exact) mass is 322 g/mol. The van der Waals surface area contributed by atoms with Crippen LogP contribution in [0.2, 0.25) is 0 Å². The molecule has 23 heavy (non-hydrogen) atoms. The minimum atomic E-state index is -4.78. The number of halogens is 3. The lowest BCUT2D eigenvalue weighted by Crippen LogP contribution is -2.25. The minimum absolute atomic E-state index is 0.0598. The van der Waals surface area contributed by atoms with Gasteiger partial charge >= 0.3 is 6.18 Å². The molecule has 4 nitrogen and oxygen atoms in total. The van der Waals surface area contributed by atoms with Gasteiger partial charge in [0.1, 0.15) is 5.82 Å². The smallest absolute Gasteiger partial charge is 0.369 e. The van der Waals surface area contributed by atoms with Crippen LogP contribution in [0.3, 0.4) is 0 Å². The fourth-order valence-corrected chi connectivity index (χ4v) is 2.64. The number of alkyl halides is 3. The molecule has 7 heteroatoms. The molecular weight excluding hydrogens is 309 g/mol. The van der Waals surface area contributed by atoms with Gasteiger partial charge in [0.15, 0.2) is 5.78 Å². The average Bonchev–Trinajstić information content (AvgIpc) is 2.96. The number of benzene rings is 1. The Balaban J connectivity index is 2.25. The van der Waals surface area contributed by atoms with Gasteiger partial charge in [-0.1, -0.05) is 29.8 Å². The first-order valence-electron chi connectivity index (χ1n) is 6.99. The fourth-order valence-electron chi connectivity index (χ4n) is 2.64. The van der Waals surface area contributed by atoms with E-state index in [0.717, 1.165) is 10.1 Å². The molecule has 1 N–H and O–H groups in total. The largest absolute Gasteiger partial charge is 0.417 e. The van der Waals surface area contributed by atoms with E-state index < -0.39 is 28.6 Å². The minimum Gasteiger partial charge on any atom is -0.369 e. The SMILES string of the molecule is Cc1ccc(C(=O)c2c(C(F)(F)F)cc(=O)n3c2NCC3)cc1. The summed E-state index contributed by atoms with van der Waals surface area (Å²) in [6.45, 7) is 2.36. The zero-order valence-corrected chi connectivity index (χ0v) is 12.2. The summed E-state index contributed by atoms with van der Waals surface area (Å²) in [5, 5.41) is 2.73. The van der Waals surface area contributed by atoms with Gasteiger partial charge in [-0.25, -0.2) is 0 Å². The molecule has 0 aliphatic carbocycles. The number of carbonyl (C=O) groups is 1. The molecule has 1 aliphatic heterocycles. The van der Waals surface area contributed by atoms with Crippen LogP contribution in [0.15, 0.2) is 35.1 Å². The van der Waals surface area contributed by atoms with Crippen LogP contribution in [0.25, 0.3) is 0 Å². The van der Waals surface area contributed by atoms with E-state index in [9.17, 15) is 22.8 Å². The molecule has 0 saturated heterocycles. The molecule has 1 aromatic carbocycles. The van der Waals surface area contributed by atoms with Crippen LogP contribution < -0.4 is 10.9 Å². The third kappa shape index (κ3) is 2.62. The molecule has 0 unspecified atom stereocenters. The van der Waals surface area contributed by atoms with Crippen molar-refractivity contribution >= 4 is 11.6 Å². The van der Waals surface area contributed by atoms with E-state index in [0.29, 0.717) is 12.6 Å². The highest BCUT2D eigenvalue weighted by Crippen LogP contribution is 2.36. The number of hydrogen-bond acceptors (Lipinski definition) is 3. The first-order valence-corrected chi connectivity index (χ1v) is 6.99. The number of fused-ring (bicyclic) bond motifs is 1. The van der Waals surface area contributed by atoms with E-state index in [1.807, 2.05) is 6.92 Å². The van der Waals surface area contributed by atoms with Crippen molar-refractivity contribution in [3.63, 3.8) is 0 Å². The van der Waals surface area contributed by atoms with E-state index in [2.05, 4.69) is 5.32 Å².